The Kier molecular flexibility index (Phi) is 5.27. The molecule has 6 heteroatoms. The minimum absolute atomic E-state index is 0.0556. The van der Waals surface area contributed by atoms with E-state index in [1.165, 1.54) is 23.1 Å². The van der Waals surface area contributed by atoms with Crippen LogP contribution in [0.3, 0.4) is 0 Å². The Hall–Kier alpha value is -1.43. The highest BCUT2D eigenvalue weighted by molar-refractivity contribution is 9.10. The molecule has 98 valence electrons. The van der Waals surface area contributed by atoms with Gasteiger partial charge in [-0.1, -0.05) is 6.07 Å². The Balaban J connectivity index is 2.73. The van der Waals surface area contributed by atoms with Gasteiger partial charge in [-0.2, -0.15) is 0 Å². The molecule has 0 atom stereocenters. The number of carboxylic acid groups (broad SMARTS) is 1. The van der Waals surface area contributed by atoms with Crippen LogP contribution in [0.2, 0.25) is 0 Å². The van der Waals surface area contributed by atoms with Crippen LogP contribution in [0, 0.1) is 5.82 Å². The van der Waals surface area contributed by atoms with Gasteiger partial charge in [0.05, 0.1) is 10.9 Å². The molecule has 0 spiro atoms. The molecule has 0 unspecified atom stereocenters. The fourth-order valence-electron chi connectivity index (χ4n) is 1.48. The molecule has 0 aliphatic heterocycles. The number of hydrogen-bond acceptors (Lipinski definition) is 2. The van der Waals surface area contributed by atoms with Crippen molar-refractivity contribution in [1.29, 1.82) is 0 Å². The fourth-order valence-corrected chi connectivity index (χ4v) is 1.90. The molecule has 0 aromatic heterocycles. The van der Waals surface area contributed by atoms with Crippen LogP contribution in [-0.4, -0.2) is 35.0 Å². The lowest BCUT2D eigenvalue weighted by molar-refractivity contribution is -0.144. The summed E-state index contributed by atoms with van der Waals surface area (Å²) in [6, 6.07) is 4.29. The summed E-state index contributed by atoms with van der Waals surface area (Å²) in [5.74, 6) is -1.74. The second kappa shape index (κ2) is 6.49. The lowest BCUT2D eigenvalue weighted by Crippen LogP contribution is -2.36. The van der Waals surface area contributed by atoms with Crippen LogP contribution in [0.5, 0.6) is 0 Å². The van der Waals surface area contributed by atoms with E-state index in [0.717, 1.165) is 0 Å². The van der Waals surface area contributed by atoms with Crippen LogP contribution in [0.15, 0.2) is 22.7 Å². The van der Waals surface area contributed by atoms with E-state index in [0.29, 0.717) is 12.1 Å². The molecular weight excluding hydrogens is 305 g/mol. The third-order valence-corrected chi connectivity index (χ3v) is 3.01. The van der Waals surface area contributed by atoms with Crippen LogP contribution in [0.4, 0.5) is 4.39 Å². The normalized spacial score (nSPS) is 10.2. The van der Waals surface area contributed by atoms with Crippen molar-refractivity contribution in [2.45, 2.75) is 13.3 Å². The highest BCUT2D eigenvalue weighted by Crippen LogP contribution is 2.17. The Morgan fingerprint density at radius 2 is 2.11 bits per heavy atom. The number of benzene rings is 1. The van der Waals surface area contributed by atoms with Crippen molar-refractivity contribution in [3.8, 4) is 0 Å². The first-order valence-electron chi connectivity index (χ1n) is 5.37. The molecule has 1 aromatic rings. The van der Waals surface area contributed by atoms with Crippen molar-refractivity contribution < 1.29 is 19.1 Å². The van der Waals surface area contributed by atoms with E-state index in [4.69, 9.17) is 5.11 Å². The van der Waals surface area contributed by atoms with E-state index in [2.05, 4.69) is 15.9 Å². The van der Waals surface area contributed by atoms with Crippen molar-refractivity contribution in [2.75, 3.05) is 13.1 Å². The number of hydrogen-bond donors (Lipinski definition) is 1. The average Bonchev–Trinajstić information content (AvgIpc) is 2.30. The Morgan fingerprint density at radius 1 is 1.44 bits per heavy atom. The van der Waals surface area contributed by atoms with Crippen molar-refractivity contribution in [1.82, 2.24) is 4.90 Å². The minimum atomic E-state index is -1.05. The summed E-state index contributed by atoms with van der Waals surface area (Å²) in [7, 11) is 0. The average molecular weight is 318 g/mol. The number of likely N-dealkylation sites (N-methyl/N-ethyl adjacent to an activating group) is 1. The van der Waals surface area contributed by atoms with E-state index in [1.807, 2.05) is 0 Å². The number of rotatable bonds is 5. The largest absolute Gasteiger partial charge is 0.480 e. The summed E-state index contributed by atoms with van der Waals surface area (Å²) >= 11 is 3.04. The van der Waals surface area contributed by atoms with Crippen LogP contribution >= 0.6 is 15.9 Å². The van der Waals surface area contributed by atoms with Crippen LogP contribution in [0.1, 0.15) is 12.5 Å². The smallest absolute Gasteiger partial charge is 0.323 e. The second-order valence-electron chi connectivity index (χ2n) is 3.73. The standard InChI is InChI=1S/C12H13BrFNO3/c1-2-15(7-12(17)18)11(16)6-8-3-4-10(14)9(13)5-8/h3-5H,2,6-7H2,1H3,(H,17,18). The van der Waals surface area contributed by atoms with Gasteiger partial charge in [0, 0.05) is 6.54 Å². The highest BCUT2D eigenvalue weighted by atomic mass is 79.9. The molecule has 1 N–H and O–H groups in total. The Morgan fingerprint density at radius 3 is 2.61 bits per heavy atom. The van der Waals surface area contributed by atoms with Crippen LogP contribution in [0.25, 0.3) is 0 Å². The third kappa shape index (κ3) is 4.10. The lowest BCUT2D eigenvalue weighted by atomic mass is 10.1. The van der Waals surface area contributed by atoms with Crippen LogP contribution in [-0.2, 0) is 16.0 Å². The number of carbonyl (C=O) groups excluding carboxylic acids is 1. The van der Waals surface area contributed by atoms with Crippen LogP contribution < -0.4 is 0 Å². The first-order valence-corrected chi connectivity index (χ1v) is 6.16. The molecule has 1 aromatic carbocycles. The number of aliphatic carboxylic acids is 1. The van der Waals surface area contributed by atoms with Gasteiger partial charge in [0.1, 0.15) is 12.4 Å². The maximum Gasteiger partial charge on any atom is 0.323 e. The second-order valence-corrected chi connectivity index (χ2v) is 4.58. The molecule has 0 radical (unpaired) electrons. The van der Waals surface area contributed by atoms with Gasteiger partial charge in [0.2, 0.25) is 5.91 Å². The lowest BCUT2D eigenvalue weighted by Gasteiger charge is -2.18. The number of nitrogens with zero attached hydrogens (tertiary/aromatic N) is 1. The topological polar surface area (TPSA) is 57.6 Å². The van der Waals surface area contributed by atoms with Crippen molar-refractivity contribution >= 4 is 27.8 Å². The maximum atomic E-state index is 13.0. The molecule has 0 saturated heterocycles. The summed E-state index contributed by atoms with van der Waals surface area (Å²) in [6.45, 7) is 1.71. The van der Waals surface area contributed by atoms with E-state index in [1.54, 1.807) is 6.92 Å². The first-order chi connectivity index (χ1) is 8.43. The fraction of sp³-hybridized carbons (Fsp3) is 0.333. The van der Waals surface area contributed by atoms with Crippen molar-refractivity contribution in [3.05, 3.63) is 34.1 Å². The molecule has 18 heavy (non-hydrogen) atoms. The molecule has 0 aliphatic carbocycles. The van der Waals surface area contributed by atoms with Gasteiger partial charge in [-0.15, -0.1) is 0 Å². The van der Waals surface area contributed by atoms with E-state index in [-0.39, 0.29) is 23.3 Å². The zero-order chi connectivity index (χ0) is 13.7. The van der Waals surface area contributed by atoms with Crippen molar-refractivity contribution in [2.24, 2.45) is 0 Å². The molecule has 0 aliphatic rings. The Labute approximate surface area is 113 Å². The molecular formula is C12H13BrFNO3. The molecule has 0 saturated carbocycles. The van der Waals surface area contributed by atoms with Gasteiger partial charge in [0.25, 0.3) is 0 Å². The predicted octanol–water partition coefficient (Wildman–Crippen LogP) is 2.06. The van der Waals surface area contributed by atoms with Gasteiger partial charge in [0.15, 0.2) is 0 Å². The number of amides is 1. The first kappa shape index (κ1) is 14.6. The molecule has 1 amide bonds. The van der Waals surface area contributed by atoms with Gasteiger partial charge in [-0.3, -0.25) is 9.59 Å². The SMILES string of the molecule is CCN(CC(=O)O)C(=O)Cc1ccc(F)c(Br)c1. The van der Waals surface area contributed by atoms with E-state index >= 15 is 0 Å². The zero-order valence-corrected chi connectivity index (χ0v) is 11.4. The highest BCUT2D eigenvalue weighted by Gasteiger charge is 2.15. The predicted molar refractivity (Wildman–Crippen MR) is 67.7 cm³/mol. The summed E-state index contributed by atoms with van der Waals surface area (Å²) in [6.07, 6.45) is 0.0556. The van der Waals surface area contributed by atoms with Gasteiger partial charge in [-0.25, -0.2) is 4.39 Å². The summed E-state index contributed by atoms with van der Waals surface area (Å²) in [5.41, 5.74) is 0.636. The van der Waals surface area contributed by atoms with Gasteiger partial charge in [-0.05, 0) is 40.5 Å². The molecule has 1 rings (SSSR count). The number of carbonyl (C=O) groups is 2. The van der Waals surface area contributed by atoms with Crippen molar-refractivity contribution in [3.63, 3.8) is 0 Å². The number of halogens is 2. The Bertz CT molecular complexity index is 465. The monoisotopic (exact) mass is 317 g/mol. The third-order valence-electron chi connectivity index (χ3n) is 2.40. The number of carboxylic acids is 1. The zero-order valence-electron chi connectivity index (χ0n) is 9.82. The summed E-state index contributed by atoms with van der Waals surface area (Å²) in [4.78, 5) is 23.6. The minimum Gasteiger partial charge on any atom is -0.480 e. The summed E-state index contributed by atoms with van der Waals surface area (Å²) in [5, 5.41) is 8.66. The van der Waals surface area contributed by atoms with E-state index in [9.17, 15) is 14.0 Å². The maximum absolute atomic E-state index is 13.0. The van der Waals surface area contributed by atoms with E-state index < -0.39 is 11.8 Å². The summed E-state index contributed by atoms with van der Waals surface area (Å²) < 4.78 is 13.3. The molecule has 4 nitrogen and oxygen atoms in total. The van der Waals surface area contributed by atoms with Gasteiger partial charge >= 0.3 is 5.97 Å². The molecule has 0 fully saturated rings. The molecule has 0 bridgehead atoms. The quantitative estimate of drug-likeness (QED) is 0.904. The molecule has 0 heterocycles. The van der Waals surface area contributed by atoms with Gasteiger partial charge < -0.3 is 10.0 Å².